The minimum Gasteiger partial charge on any atom is -0.676 e. The third-order valence-corrected chi connectivity index (χ3v) is 4.24. The summed E-state index contributed by atoms with van der Waals surface area (Å²) in [5.41, 5.74) is 0. The smallest absolute Gasteiger partial charge is 0.676 e. The van der Waals surface area contributed by atoms with Crippen molar-refractivity contribution in [2.45, 2.75) is 131 Å². The minimum absolute atomic E-state index is 0. The Kier molecular flexibility index (Phi) is 29.3. The van der Waals surface area contributed by atoms with Crippen molar-refractivity contribution >= 4 is 0 Å². The quantitative estimate of drug-likeness (QED) is 0.269. The van der Waals surface area contributed by atoms with E-state index in [0.29, 0.717) is 24.2 Å². The zero-order chi connectivity index (χ0) is 19.1. The van der Waals surface area contributed by atoms with E-state index in [0.717, 1.165) is 25.7 Å². The monoisotopic (exact) mass is 466 g/mol. The molecule has 0 saturated carbocycles. The van der Waals surface area contributed by atoms with Gasteiger partial charge in [0.2, 0.25) is 0 Å². The molecule has 0 aromatic heterocycles. The van der Waals surface area contributed by atoms with Crippen LogP contribution in [0.15, 0.2) is 0 Å². The predicted octanol–water partition coefficient (Wildman–Crippen LogP) is 7.35. The normalized spacial score (nSPS) is 17.3. The molecule has 0 spiro atoms. The summed E-state index contributed by atoms with van der Waals surface area (Å²) in [6, 6.07) is 1.81. The zero-order valence-electron chi connectivity index (χ0n) is 18.7. The molecule has 0 aliphatic rings. The van der Waals surface area contributed by atoms with Crippen molar-refractivity contribution in [2.75, 3.05) is 0 Å². The van der Waals surface area contributed by atoms with Crippen molar-refractivity contribution in [1.29, 1.82) is 0 Å². The molecular formula is C20H44Cu2N4. The molecule has 4 unspecified atom stereocenters. The van der Waals surface area contributed by atoms with Gasteiger partial charge < -0.3 is 21.3 Å². The molecule has 166 valence electrons. The average Bonchev–Trinajstić information content (AvgIpc) is 2.54. The fraction of sp³-hybridized carbons (Fsp3) is 1.00. The van der Waals surface area contributed by atoms with E-state index in [9.17, 15) is 0 Å². The fourth-order valence-corrected chi connectivity index (χ4v) is 1.97. The first-order chi connectivity index (χ1) is 11.2. The molecule has 0 aromatic rings. The van der Waals surface area contributed by atoms with Gasteiger partial charge in [-0.05, 0) is 0 Å². The maximum atomic E-state index is 4.52. The molecule has 0 amide bonds. The molecule has 4 atom stereocenters. The van der Waals surface area contributed by atoms with Gasteiger partial charge in [0.1, 0.15) is 0 Å². The second kappa shape index (κ2) is 22.2. The first-order valence-electron chi connectivity index (χ1n) is 9.99. The van der Waals surface area contributed by atoms with Crippen LogP contribution in [0.4, 0.5) is 0 Å². The van der Waals surface area contributed by atoms with E-state index in [4.69, 9.17) is 0 Å². The van der Waals surface area contributed by atoms with Crippen molar-refractivity contribution < 1.29 is 34.1 Å². The van der Waals surface area contributed by atoms with Crippen LogP contribution in [0.25, 0.3) is 21.3 Å². The molecule has 0 N–H and O–H groups in total. The third kappa shape index (κ3) is 22.9. The summed E-state index contributed by atoms with van der Waals surface area (Å²) in [4.78, 5) is 0. The van der Waals surface area contributed by atoms with Gasteiger partial charge in [0, 0.05) is 0 Å². The Morgan fingerprint density at radius 1 is 0.423 bits per heavy atom. The summed E-state index contributed by atoms with van der Waals surface area (Å²) in [5.74, 6) is 0. The van der Waals surface area contributed by atoms with Crippen LogP contribution in [0.2, 0.25) is 0 Å². The van der Waals surface area contributed by atoms with Crippen LogP contribution >= 0.6 is 0 Å². The molecule has 6 heteroatoms. The van der Waals surface area contributed by atoms with Crippen molar-refractivity contribution in [1.82, 2.24) is 0 Å². The molecule has 0 fully saturated rings. The summed E-state index contributed by atoms with van der Waals surface area (Å²) in [6.07, 6.45) is 4.80. The summed E-state index contributed by atoms with van der Waals surface area (Å²) in [5, 5.41) is 18.1. The van der Waals surface area contributed by atoms with Gasteiger partial charge in [0.25, 0.3) is 0 Å². The van der Waals surface area contributed by atoms with E-state index in [1.165, 1.54) is 0 Å². The van der Waals surface area contributed by atoms with Crippen molar-refractivity contribution in [3.8, 4) is 0 Å². The summed E-state index contributed by atoms with van der Waals surface area (Å²) in [7, 11) is 0. The van der Waals surface area contributed by atoms with Gasteiger partial charge >= 0.3 is 34.1 Å². The first kappa shape index (κ1) is 34.4. The molecule has 2 radical (unpaired) electrons. The van der Waals surface area contributed by atoms with Crippen LogP contribution < -0.4 is 0 Å². The van der Waals surface area contributed by atoms with Crippen LogP contribution in [0.3, 0.4) is 0 Å². The maximum Gasteiger partial charge on any atom is 2.00 e. The molecule has 0 aliphatic heterocycles. The van der Waals surface area contributed by atoms with Crippen molar-refractivity contribution in [2.24, 2.45) is 0 Å². The Morgan fingerprint density at radius 2 is 0.577 bits per heavy atom. The zero-order valence-corrected chi connectivity index (χ0v) is 20.6. The molecule has 26 heavy (non-hydrogen) atoms. The largest absolute Gasteiger partial charge is 2.00 e. The Bertz CT molecular complexity index is 220. The van der Waals surface area contributed by atoms with E-state index in [1.807, 2.05) is 0 Å². The van der Waals surface area contributed by atoms with Crippen LogP contribution in [-0.4, -0.2) is 36.5 Å². The standard InChI is InChI=1S/2C10H22N2.2Cu/c2*1-6-8(3)11-10(5)12-9(4)7-2;;/h2*8-10H,6-7H2,1-5H3;;/q2*-2;2*+2. The number of hydrogen-bond donors (Lipinski definition) is 0. The van der Waals surface area contributed by atoms with E-state index in [2.05, 4.69) is 90.5 Å². The minimum atomic E-state index is 0. The third-order valence-electron chi connectivity index (χ3n) is 4.24. The van der Waals surface area contributed by atoms with Crippen molar-refractivity contribution in [3.05, 3.63) is 21.3 Å². The number of rotatable bonds is 12. The number of nitrogens with zero attached hydrogens (tertiary/aromatic N) is 4. The average molecular weight is 468 g/mol. The second-order valence-electron chi connectivity index (χ2n) is 6.89. The van der Waals surface area contributed by atoms with Gasteiger partial charge in [-0.15, -0.1) is 38.0 Å². The van der Waals surface area contributed by atoms with Gasteiger partial charge in [-0.3, -0.25) is 0 Å². The Balaban J connectivity index is -0.000000173. The van der Waals surface area contributed by atoms with Gasteiger partial charge in [0.15, 0.2) is 0 Å². The number of hydrogen-bond acceptors (Lipinski definition) is 0. The van der Waals surface area contributed by atoms with Crippen LogP contribution in [0, 0.1) is 0 Å². The molecule has 0 rings (SSSR count). The second-order valence-corrected chi connectivity index (χ2v) is 6.89. The molecular weight excluding hydrogens is 423 g/mol. The van der Waals surface area contributed by atoms with Crippen LogP contribution in [0.1, 0.15) is 94.9 Å². The van der Waals surface area contributed by atoms with E-state index < -0.39 is 0 Å². The Hall–Kier alpha value is 0.879. The fourth-order valence-electron chi connectivity index (χ4n) is 1.97. The summed E-state index contributed by atoms with van der Waals surface area (Å²) < 4.78 is 0. The SMILES string of the molecule is CCC(C)[N-]C(C)[N-]C(C)CC.CCC(C)[N-]C(C)[N-]C(C)CC.[Cu+2].[Cu+2]. The van der Waals surface area contributed by atoms with E-state index in [1.54, 1.807) is 0 Å². The topological polar surface area (TPSA) is 56.4 Å². The van der Waals surface area contributed by atoms with Gasteiger partial charge in [0.05, 0.1) is 0 Å². The van der Waals surface area contributed by atoms with E-state index in [-0.39, 0.29) is 46.5 Å². The van der Waals surface area contributed by atoms with E-state index >= 15 is 0 Å². The van der Waals surface area contributed by atoms with Crippen LogP contribution in [-0.2, 0) is 34.1 Å². The summed E-state index contributed by atoms with van der Waals surface area (Å²) in [6.45, 7) is 21.3. The molecule has 4 nitrogen and oxygen atoms in total. The molecule has 0 aliphatic carbocycles. The Labute approximate surface area is 186 Å². The summed E-state index contributed by atoms with van der Waals surface area (Å²) >= 11 is 0. The maximum absolute atomic E-state index is 4.52. The Morgan fingerprint density at radius 3 is 0.692 bits per heavy atom. The first-order valence-corrected chi connectivity index (χ1v) is 9.99. The molecule has 0 heterocycles. The van der Waals surface area contributed by atoms with Gasteiger partial charge in [-0.1, -0.05) is 81.1 Å². The van der Waals surface area contributed by atoms with Crippen LogP contribution in [0.5, 0.6) is 0 Å². The van der Waals surface area contributed by atoms with Crippen molar-refractivity contribution in [3.63, 3.8) is 0 Å². The predicted molar refractivity (Wildman–Crippen MR) is 111 cm³/mol. The molecule has 0 aromatic carbocycles. The molecule has 0 bridgehead atoms. The van der Waals surface area contributed by atoms with Gasteiger partial charge in [-0.25, -0.2) is 12.3 Å². The van der Waals surface area contributed by atoms with Gasteiger partial charge in [-0.2, -0.15) is 0 Å². The molecule has 0 saturated heterocycles.